The molecule has 0 radical (unpaired) electrons. The number of carbonyl (C=O) groups is 2. The van der Waals surface area contributed by atoms with E-state index in [0.29, 0.717) is 10.6 Å². The van der Waals surface area contributed by atoms with Crippen LogP contribution >= 0.6 is 11.6 Å². The van der Waals surface area contributed by atoms with Crippen molar-refractivity contribution < 1.29 is 19.1 Å². The molecule has 2 aromatic rings. The van der Waals surface area contributed by atoms with Crippen LogP contribution in [-0.2, 0) is 4.74 Å². The van der Waals surface area contributed by atoms with Crippen molar-refractivity contribution >= 4 is 29.9 Å². The smallest absolute Gasteiger partial charge is 0.427 e. The molecular weight excluding hydrogens is 332 g/mol. The Morgan fingerprint density at radius 3 is 2.62 bits per heavy atom. The fourth-order valence-electron chi connectivity index (χ4n) is 1.78. The molecule has 2 rings (SSSR count). The number of ether oxygens (including phenoxy) is 2. The monoisotopic (exact) mass is 346 g/mol. The molecule has 0 heterocycles. The highest BCUT2D eigenvalue weighted by molar-refractivity contribution is 6.33. The topological polar surface area (TPSA) is 77.0 Å². The molecule has 6 nitrogen and oxygen atoms in total. The molecule has 0 aliphatic heterocycles. The Morgan fingerprint density at radius 1 is 1.17 bits per heavy atom. The van der Waals surface area contributed by atoms with Gasteiger partial charge in [0, 0.05) is 5.56 Å². The number of hydrogen-bond donors (Lipinski definition) is 1. The Hall–Kier alpha value is -2.86. The number of carbonyl (C=O) groups excluding carboxylic acids is 2. The summed E-state index contributed by atoms with van der Waals surface area (Å²) in [6, 6.07) is 13.4. The second-order valence-electron chi connectivity index (χ2n) is 4.50. The highest BCUT2D eigenvalue weighted by Crippen LogP contribution is 2.21. The van der Waals surface area contributed by atoms with Crippen LogP contribution in [0.1, 0.15) is 22.8 Å². The van der Waals surface area contributed by atoms with Gasteiger partial charge in [-0.3, -0.25) is 0 Å². The van der Waals surface area contributed by atoms with Crippen molar-refractivity contribution in [2.24, 2.45) is 5.10 Å². The Labute approximate surface area is 144 Å². The lowest BCUT2D eigenvalue weighted by molar-refractivity contribution is 0.0734. The fraction of sp³-hybridized carbons (Fsp3) is 0.118. The second-order valence-corrected chi connectivity index (χ2v) is 4.90. The van der Waals surface area contributed by atoms with Crippen molar-refractivity contribution in [2.45, 2.75) is 6.92 Å². The molecule has 0 spiro atoms. The van der Waals surface area contributed by atoms with Crippen molar-refractivity contribution in [1.29, 1.82) is 0 Å². The first-order chi connectivity index (χ1) is 11.6. The van der Waals surface area contributed by atoms with Gasteiger partial charge in [-0.15, -0.1) is 0 Å². The van der Waals surface area contributed by atoms with Gasteiger partial charge in [-0.05, 0) is 31.2 Å². The lowest BCUT2D eigenvalue weighted by Crippen LogP contribution is -2.18. The highest BCUT2D eigenvalue weighted by atomic mass is 35.5. The van der Waals surface area contributed by atoms with E-state index < -0.39 is 12.1 Å². The standard InChI is InChI=1S/C17H15ClN2O4/c1-2-23-17(22)20-19-11-12-7-3-6-10-15(12)24-16(21)13-8-4-5-9-14(13)18/h3-11H,2H2,1H3,(H,20,22). The molecule has 0 aliphatic carbocycles. The molecule has 0 aromatic heterocycles. The van der Waals surface area contributed by atoms with Gasteiger partial charge in [-0.1, -0.05) is 35.9 Å². The summed E-state index contributed by atoms with van der Waals surface area (Å²) in [6.07, 6.45) is 0.686. The molecule has 124 valence electrons. The number of nitrogens with zero attached hydrogens (tertiary/aromatic N) is 1. The zero-order chi connectivity index (χ0) is 17.4. The lowest BCUT2D eigenvalue weighted by Gasteiger charge is -2.08. The fourth-order valence-corrected chi connectivity index (χ4v) is 1.99. The third kappa shape index (κ3) is 4.82. The number of esters is 1. The van der Waals surface area contributed by atoms with E-state index in [2.05, 4.69) is 15.3 Å². The van der Waals surface area contributed by atoms with Crippen LogP contribution in [0, 0.1) is 0 Å². The predicted molar refractivity (Wildman–Crippen MR) is 90.6 cm³/mol. The van der Waals surface area contributed by atoms with E-state index >= 15 is 0 Å². The minimum absolute atomic E-state index is 0.243. The van der Waals surface area contributed by atoms with E-state index in [-0.39, 0.29) is 17.9 Å². The van der Waals surface area contributed by atoms with Gasteiger partial charge in [-0.25, -0.2) is 15.0 Å². The van der Waals surface area contributed by atoms with E-state index in [1.54, 1.807) is 55.5 Å². The van der Waals surface area contributed by atoms with E-state index in [9.17, 15) is 9.59 Å². The number of rotatable bonds is 5. The summed E-state index contributed by atoms with van der Waals surface area (Å²) in [6.45, 7) is 1.93. The molecule has 0 saturated carbocycles. The summed E-state index contributed by atoms with van der Waals surface area (Å²) in [5.41, 5.74) is 2.97. The van der Waals surface area contributed by atoms with Crippen LogP contribution in [-0.4, -0.2) is 24.9 Å². The second kappa shape index (κ2) is 8.69. The molecular formula is C17H15ClN2O4. The SMILES string of the molecule is CCOC(=O)NN=Cc1ccccc1OC(=O)c1ccccc1Cl. The summed E-state index contributed by atoms with van der Waals surface area (Å²) in [5.74, 6) is -0.295. The average molecular weight is 347 g/mol. The van der Waals surface area contributed by atoms with E-state index in [1.165, 1.54) is 6.21 Å². The quantitative estimate of drug-likeness (QED) is 0.388. The van der Waals surface area contributed by atoms with Gasteiger partial charge in [0.1, 0.15) is 5.75 Å². The maximum Gasteiger partial charge on any atom is 0.427 e. The van der Waals surface area contributed by atoms with Crippen molar-refractivity contribution in [3.05, 3.63) is 64.7 Å². The number of hydrogen-bond acceptors (Lipinski definition) is 5. The van der Waals surface area contributed by atoms with Gasteiger partial charge in [0.15, 0.2) is 0 Å². The van der Waals surface area contributed by atoms with Gasteiger partial charge >= 0.3 is 12.1 Å². The Kier molecular flexibility index (Phi) is 6.33. The highest BCUT2D eigenvalue weighted by Gasteiger charge is 2.13. The van der Waals surface area contributed by atoms with E-state index in [4.69, 9.17) is 16.3 Å². The van der Waals surface area contributed by atoms with Crippen LogP contribution in [0.2, 0.25) is 5.02 Å². The van der Waals surface area contributed by atoms with Crippen molar-refractivity contribution in [2.75, 3.05) is 6.61 Å². The van der Waals surface area contributed by atoms with Gasteiger partial charge < -0.3 is 9.47 Å². The first kappa shape index (κ1) is 17.5. The number of halogens is 1. The number of hydrazone groups is 1. The minimum Gasteiger partial charge on any atom is -0.449 e. The number of para-hydroxylation sites is 1. The summed E-state index contributed by atoms with van der Waals surface area (Å²) in [4.78, 5) is 23.4. The molecule has 0 saturated heterocycles. The summed E-state index contributed by atoms with van der Waals surface area (Å²) >= 11 is 5.98. The summed E-state index contributed by atoms with van der Waals surface area (Å²) in [5, 5.41) is 4.05. The Bertz CT molecular complexity index is 762. The van der Waals surface area contributed by atoms with Gasteiger partial charge in [0.05, 0.1) is 23.4 Å². The molecule has 0 bridgehead atoms. The first-order valence-electron chi connectivity index (χ1n) is 7.13. The molecule has 0 unspecified atom stereocenters. The Balaban J connectivity index is 2.11. The largest absolute Gasteiger partial charge is 0.449 e. The van der Waals surface area contributed by atoms with E-state index in [1.807, 2.05) is 0 Å². The van der Waals surface area contributed by atoms with Gasteiger partial charge in [-0.2, -0.15) is 5.10 Å². The van der Waals surface area contributed by atoms with Crippen LogP contribution < -0.4 is 10.2 Å². The molecule has 7 heteroatoms. The maximum absolute atomic E-state index is 12.2. The molecule has 0 aliphatic rings. The molecule has 1 amide bonds. The van der Waals surface area contributed by atoms with Crippen molar-refractivity contribution in [3.63, 3.8) is 0 Å². The molecule has 1 N–H and O–H groups in total. The predicted octanol–water partition coefficient (Wildman–Crippen LogP) is 3.64. The molecule has 2 aromatic carbocycles. The Morgan fingerprint density at radius 2 is 1.88 bits per heavy atom. The molecule has 0 atom stereocenters. The zero-order valence-electron chi connectivity index (χ0n) is 12.9. The normalized spacial score (nSPS) is 10.4. The lowest BCUT2D eigenvalue weighted by atomic mass is 10.2. The van der Waals surface area contributed by atoms with Crippen molar-refractivity contribution in [3.8, 4) is 5.75 Å². The van der Waals surface area contributed by atoms with Crippen LogP contribution in [0.25, 0.3) is 0 Å². The van der Waals surface area contributed by atoms with Crippen LogP contribution in [0.3, 0.4) is 0 Å². The van der Waals surface area contributed by atoms with Crippen LogP contribution in [0.4, 0.5) is 4.79 Å². The van der Waals surface area contributed by atoms with E-state index in [0.717, 1.165) is 0 Å². The number of benzene rings is 2. The summed E-state index contributed by atoms with van der Waals surface area (Å²) in [7, 11) is 0. The zero-order valence-corrected chi connectivity index (χ0v) is 13.6. The van der Waals surface area contributed by atoms with Crippen molar-refractivity contribution in [1.82, 2.24) is 5.43 Å². The third-order valence-electron chi connectivity index (χ3n) is 2.85. The van der Waals surface area contributed by atoms with Gasteiger partial charge in [0.25, 0.3) is 0 Å². The third-order valence-corrected chi connectivity index (χ3v) is 3.18. The molecule has 24 heavy (non-hydrogen) atoms. The number of amides is 1. The van der Waals surface area contributed by atoms with Crippen LogP contribution in [0.15, 0.2) is 53.6 Å². The molecule has 0 fully saturated rings. The first-order valence-corrected chi connectivity index (χ1v) is 7.51. The van der Waals surface area contributed by atoms with Gasteiger partial charge in [0.2, 0.25) is 0 Å². The minimum atomic E-state index is -0.667. The average Bonchev–Trinajstić information content (AvgIpc) is 2.57. The summed E-state index contributed by atoms with van der Waals surface area (Å²) < 4.78 is 10.0. The van der Waals surface area contributed by atoms with Crippen LogP contribution in [0.5, 0.6) is 5.75 Å². The number of nitrogens with one attached hydrogen (secondary N) is 1. The maximum atomic E-state index is 12.2.